The minimum absolute atomic E-state index is 0.00472. The molecule has 0 bridgehead atoms. The minimum Gasteiger partial charge on any atom is -0.343 e. The van der Waals surface area contributed by atoms with Crippen LogP contribution in [0.5, 0.6) is 0 Å². The topological polar surface area (TPSA) is 93.0 Å². The zero-order valence-corrected chi connectivity index (χ0v) is 13.8. The number of thiophene rings is 1. The van der Waals surface area contributed by atoms with Crippen molar-refractivity contribution in [3.05, 3.63) is 28.2 Å². The summed E-state index contributed by atoms with van der Waals surface area (Å²) in [5, 5.41) is 15.3. The van der Waals surface area contributed by atoms with Crippen LogP contribution in [0, 0.1) is 0 Å². The highest BCUT2D eigenvalue weighted by Gasteiger charge is 2.31. The first kappa shape index (κ1) is 15.6. The van der Waals surface area contributed by atoms with Crippen LogP contribution in [0.25, 0.3) is 0 Å². The summed E-state index contributed by atoms with van der Waals surface area (Å²) in [6.45, 7) is 4.41. The van der Waals surface area contributed by atoms with Crippen LogP contribution in [0.4, 0.5) is 0 Å². The molecule has 0 saturated carbocycles. The van der Waals surface area contributed by atoms with E-state index in [4.69, 9.17) is 0 Å². The number of amides is 2. The van der Waals surface area contributed by atoms with Crippen molar-refractivity contribution in [1.29, 1.82) is 0 Å². The second-order valence-corrected chi connectivity index (χ2v) is 6.51. The van der Waals surface area contributed by atoms with Gasteiger partial charge < -0.3 is 10.2 Å². The lowest BCUT2D eigenvalue weighted by Gasteiger charge is -2.35. The fourth-order valence-electron chi connectivity index (χ4n) is 2.80. The number of fused-ring (bicyclic) bond motifs is 1. The van der Waals surface area contributed by atoms with E-state index in [1.54, 1.807) is 18.3 Å². The average molecular weight is 334 g/mol. The number of hydrogen-bond donors (Lipinski definition) is 1. The van der Waals surface area contributed by atoms with E-state index in [1.807, 2.05) is 11.8 Å². The Bertz CT molecular complexity index is 698. The Kier molecular flexibility index (Phi) is 4.37. The van der Waals surface area contributed by atoms with Gasteiger partial charge in [-0.25, -0.2) is 4.68 Å². The number of carbonyl (C=O) groups excluding carboxylic acids is 2. The smallest absolute Gasteiger partial charge is 0.245 e. The highest BCUT2D eigenvalue weighted by atomic mass is 32.1. The summed E-state index contributed by atoms with van der Waals surface area (Å²) < 4.78 is 1.31. The zero-order valence-electron chi connectivity index (χ0n) is 13.0. The Morgan fingerprint density at radius 3 is 3.09 bits per heavy atom. The van der Waals surface area contributed by atoms with Gasteiger partial charge in [0, 0.05) is 11.4 Å². The van der Waals surface area contributed by atoms with Gasteiger partial charge in [0.2, 0.25) is 11.8 Å². The minimum atomic E-state index is -0.581. The summed E-state index contributed by atoms with van der Waals surface area (Å²) in [6.07, 6.45) is 2.22. The molecule has 1 N–H and O–H groups in total. The molecule has 0 aromatic carbocycles. The predicted octanol–water partition coefficient (Wildman–Crippen LogP) is 0.385. The molecule has 3 heterocycles. The molecule has 2 atom stereocenters. The van der Waals surface area contributed by atoms with E-state index in [0.29, 0.717) is 6.54 Å². The van der Waals surface area contributed by atoms with Gasteiger partial charge >= 0.3 is 0 Å². The lowest BCUT2D eigenvalue weighted by atomic mass is 10.0. The molecular weight excluding hydrogens is 316 g/mol. The van der Waals surface area contributed by atoms with Gasteiger partial charge in [0.15, 0.2) is 0 Å². The van der Waals surface area contributed by atoms with Crippen molar-refractivity contribution in [1.82, 2.24) is 30.4 Å². The molecule has 0 fully saturated rings. The second kappa shape index (κ2) is 6.45. The number of rotatable bonds is 4. The van der Waals surface area contributed by atoms with Gasteiger partial charge in [-0.3, -0.25) is 9.59 Å². The van der Waals surface area contributed by atoms with Crippen LogP contribution in [-0.2, 0) is 22.6 Å². The monoisotopic (exact) mass is 334 g/mol. The molecule has 0 radical (unpaired) electrons. The first-order valence-corrected chi connectivity index (χ1v) is 8.31. The molecule has 2 amide bonds. The highest BCUT2D eigenvalue weighted by molar-refractivity contribution is 7.10. The number of nitrogens with one attached hydrogen (secondary N) is 1. The van der Waals surface area contributed by atoms with Gasteiger partial charge in [-0.2, -0.15) is 0 Å². The maximum Gasteiger partial charge on any atom is 0.245 e. The van der Waals surface area contributed by atoms with Gasteiger partial charge in [0.05, 0.1) is 6.04 Å². The Hall–Kier alpha value is -2.29. The standard InChI is InChI=1S/C14H18N6O2S/c1-9(16-12(21)7-19-8-15-17-18-19)14(22)20-5-3-11-4-6-23-13(11)10(20)2/h4,6,8-10H,3,5,7H2,1-2H3,(H,16,21)/t9-,10?/m1/s1. The third-order valence-electron chi connectivity index (χ3n) is 3.98. The summed E-state index contributed by atoms with van der Waals surface area (Å²) in [6, 6.07) is 1.59. The van der Waals surface area contributed by atoms with E-state index in [9.17, 15) is 9.59 Å². The second-order valence-electron chi connectivity index (χ2n) is 5.56. The maximum atomic E-state index is 12.6. The fraction of sp³-hybridized carbons (Fsp3) is 0.500. The van der Waals surface area contributed by atoms with Crippen molar-refractivity contribution in [2.45, 2.75) is 38.9 Å². The molecule has 23 heavy (non-hydrogen) atoms. The maximum absolute atomic E-state index is 12.6. The molecule has 122 valence electrons. The summed E-state index contributed by atoms with van der Waals surface area (Å²) >= 11 is 1.68. The molecule has 1 aliphatic rings. The number of nitrogens with zero attached hydrogens (tertiary/aromatic N) is 5. The molecule has 8 nitrogen and oxygen atoms in total. The molecule has 0 aliphatic carbocycles. The third kappa shape index (κ3) is 3.24. The number of tetrazole rings is 1. The molecule has 0 saturated heterocycles. The van der Waals surface area contributed by atoms with E-state index in [-0.39, 0.29) is 24.4 Å². The van der Waals surface area contributed by atoms with Crippen LogP contribution in [0.1, 0.15) is 30.3 Å². The lowest BCUT2D eigenvalue weighted by molar-refractivity contribution is -0.138. The Morgan fingerprint density at radius 1 is 1.52 bits per heavy atom. The van der Waals surface area contributed by atoms with Crippen LogP contribution in [-0.4, -0.2) is 49.5 Å². The van der Waals surface area contributed by atoms with Crippen LogP contribution in [0.3, 0.4) is 0 Å². The van der Waals surface area contributed by atoms with Crippen molar-refractivity contribution < 1.29 is 9.59 Å². The van der Waals surface area contributed by atoms with E-state index in [0.717, 1.165) is 6.42 Å². The van der Waals surface area contributed by atoms with Gasteiger partial charge in [-0.15, -0.1) is 16.4 Å². The van der Waals surface area contributed by atoms with Crippen molar-refractivity contribution in [2.24, 2.45) is 0 Å². The third-order valence-corrected chi connectivity index (χ3v) is 5.11. The fourth-order valence-corrected chi connectivity index (χ4v) is 3.82. The van der Waals surface area contributed by atoms with E-state index >= 15 is 0 Å². The van der Waals surface area contributed by atoms with E-state index in [1.165, 1.54) is 21.4 Å². The van der Waals surface area contributed by atoms with E-state index in [2.05, 4.69) is 32.3 Å². The van der Waals surface area contributed by atoms with Gasteiger partial charge in [0.25, 0.3) is 0 Å². The SMILES string of the molecule is CC1c2sccc2CCN1C(=O)[C@@H](C)NC(=O)Cn1cnnn1. The molecular formula is C14H18N6O2S. The Morgan fingerprint density at radius 2 is 2.35 bits per heavy atom. The molecule has 3 rings (SSSR count). The summed E-state index contributed by atoms with van der Waals surface area (Å²) in [5.74, 6) is -0.360. The first-order chi connectivity index (χ1) is 11.1. The lowest BCUT2D eigenvalue weighted by Crippen LogP contribution is -2.50. The summed E-state index contributed by atoms with van der Waals surface area (Å²) in [5.41, 5.74) is 1.32. The van der Waals surface area contributed by atoms with Crippen LogP contribution < -0.4 is 5.32 Å². The van der Waals surface area contributed by atoms with Crippen molar-refractivity contribution in [2.75, 3.05) is 6.54 Å². The van der Waals surface area contributed by atoms with E-state index < -0.39 is 6.04 Å². The van der Waals surface area contributed by atoms with Crippen molar-refractivity contribution in [3.8, 4) is 0 Å². The average Bonchev–Trinajstić information content (AvgIpc) is 3.18. The normalized spacial score (nSPS) is 18.3. The highest BCUT2D eigenvalue weighted by Crippen LogP contribution is 2.33. The van der Waals surface area contributed by atoms with Crippen LogP contribution in [0.2, 0.25) is 0 Å². The largest absolute Gasteiger partial charge is 0.343 e. The molecule has 9 heteroatoms. The predicted molar refractivity (Wildman–Crippen MR) is 83.6 cm³/mol. The number of carbonyl (C=O) groups is 2. The molecule has 2 aromatic rings. The molecule has 1 unspecified atom stereocenters. The summed E-state index contributed by atoms with van der Waals surface area (Å²) in [7, 11) is 0. The van der Waals surface area contributed by atoms with Gasteiger partial charge in [0.1, 0.15) is 18.9 Å². The van der Waals surface area contributed by atoms with Gasteiger partial charge in [-0.05, 0) is 47.7 Å². The van der Waals surface area contributed by atoms with Crippen molar-refractivity contribution in [3.63, 3.8) is 0 Å². The zero-order chi connectivity index (χ0) is 16.4. The summed E-state index contributed by atoms with van der Waals surface area (Å²) in [4.78, 5) is 27.7. The Labute approximate surface area is 137 Å². The first-order valence-electron chi connectivity index (χ1n) is 7.43. The van der Waals surface area contributed by atoms with Gasteiger partial charge in [-0.1, -0.05) is 0 Å². The molecule has 0 spiro atoms. The van der Waals surface area contributed by atoms with Crippen LogP contribution >= 0.6 is 11.3 Å². The van der Waals surface area contributed by atoms with Crippen LogP contribution in [0.15, 0.2) is 17.8 Å². The molecule has 1 aliphatic heterocycles. The number of hydrogen-bond acceptors (Lipinski definition) is 6. The number of aromatic nitrogens is 4. The van der Waals surface area contributed by atoms with Crippen molar-refractivity contribution >= 4 is 23.2 Å². The molecule has 2 aromatic heterocycles. The Balaban J connectivity index is 1.60. The quantitative estimate of drug-likeness (QED) is 0.873.